The summed E-state index contributed by atoms with van der Waals surface area (Å²) in [5, 5.41) is 11.4. The highest BCUT2D eigenvalue weighted by atomic mass is 16.6. The van der Waals surface area contributed by atoms with Gasteiger partial charge in [0.25, 0.3) is 0 Å². The number of esters is 2. The van der Waals surface area contributed by atoms with Gasteiger partial charge >= 0.3 is 11.9 Å². The van der Waals surface area contributed by atoms with Crippen molar-refractivity contribution in [3.63, 3.8) is 0 Å². The number of fused-ring (bicyclic) bond motifs is 3. The smallest absolute Gasteiger partial charge is 0.343 e. The van der Waals surface area contributed by atoms with Gasteiger partial charge in [0.15, 0.2) is 5.60 Å². The molecule has 1 saturated heterocycles. The number of aliphatic hydroxyl groups is 1. The molecule has 1 saturated carbocycles. The van der Waals surface area contributed by atoms with Gasteiger partial charge in [-0.05, 0) is 30.8 Å². The first kappa shape index (κ1) is 19.4. The minimum absolute atomic E-state index is 0.0853. The van der Waals surface area contributed by atoms with E-state index in [1.165, 1.54) is 0 Å². The van der Waals surface area contributed by atoms with Crippen LogP contribution in [0.1, 0.15) is 72.6 Å². The van der Waals surface area contributed by atoms with Crippen LogP contribution in [0, 0.1) is 16.7 Å². The van der Waals surface area contributed by atoms with E-state index in [-0.39, 0.29) is 23.9 Å². The van der Waals surface area contributed by atoms with E-state index >= 15 is 0 Å². The fraction of sp³-hybridized carbons (Fsp3) is 0.810. The summed E-state index contributed by atoms with van der Waals surface area (Å²) in [6, 6.07) is 0. The normalized spacial score (nSPS) is 38.0. The molecule has 1 N–H and O–H groups in total. The molecule has 0 aromatic heterocycles. The first-order chi connectivity index (χ1) is 12.2. The van der Waals surface area contributed by atoms with Crippen LogP contribution in [-0.2, 0) is 19.1 Å². The van der Waals surface area contributed by atoms with Gasteiger partial charge in [0.05, 0.1) is 0 Å². The highest BCUT2D eigenvalue weighted by molar-refractivity contribution is 5.88. The van der Waals surface area contributed by atoms with Crippen molar-refractivity contribution >= 4 is 11.9 Å². The summed E-state index contributed by atoms with van der Waals surface area (Å²) in [5.74, 6) is -0.875. The molecule has 26 heavy (non-hydrogen) atoms. The Balaban J connectivity index is 1.95. The summed E-state index contributed by atoms with van der Waals surface area (Å²) in [6.07, 6.45) is 7.30. The first-order valence-electron chi connectivity index (χ1n) is 9.97. The van der Waals surface area contributed by atoms with Crippen molar-refractivity contribution in [2.45, 2.75) is 84.3 Å². The molecule has 146 valence electrons. The fourth-order valence-corrected chi connectivity index (χ4v) is 5.68. The molecule has 0 amide bonds. The molecule has 5 nitrogen and oxygen atoms in total. The van der Waals surface area contributed by atoms with Gasteiger partial charge in [-0.3, -0.25) is 4.79 Å². The highest BCUT2D eigenvalue weighted by Crippen LogP contribution is 2.63. The molecular formula is C21H32O5. The van der Waals surface area contributed by atoms with Crippen LogP contribution < -0.4 is 0 Å². The lowest BCUT2D eigenvalue weighted by molar-refractivity contribution is -0.196. The monoisotopic (exact) mass is 364 g/mol. The van der Waals surface area contributed by atoms with E-state index in [4.69, 9.17) is 9.47 Å². The third kappa shape index (κ3) is 2.79. The Hall–Kier alpha value is -1.36. The van der Waals surface area contributed by atoms with E-state index in [1.54, 1.807) is 6.08 Å². The van der Waals surface area contributed by atoms with Crippen LogP contribution in [-0.4, -0.2) is 35.4 Å². The molecule has 1 aliphatic heterocycles. The van der Waals surface area contributed by atoms with E-state index in [1.807, 2.05) is 6.92 Å². The van der Waals surface area contributed by atoms with Gasteiger partial charge in [-0.15, -0.1) is 0 Å². The number of hydrogen-bond acceptors (Lipinski definition) is 5. The molecule has 0 spiro atoms. The zero-order chi connectivity index (χ0) is 19.2. The van der Waals surface area contributed by atoms with Gasteiger partial charge in [0.1, 0.15) is 12.7 Å². The average molecular weight is 364 g/mol. The molecule has 5 heteroatoms. The molecule has 0 aromatic carbocycles. The number of hydrogen-bond donors (Lipinski definition) is 1. The predicted octanol–water partition coefficient (Wildman–Crippen LogP) is 3.54. The number of ether oxygens (including phenoxy) is 2. The molecule has 3 aliphatic rings. The second-order valence-corrected chi connectivity index (χ2v) is 9.13. The van der Waals surface area contributed by atoms with Crippen LogP contribution in [0.25, 0.3) is 0 Å². The number of carbonyl (C=O) groups is 2. The zero-order valence-corrected chi connectivity index (χ0v) is 16.5. The second-order valence-electron chi connectivity index (χ2n) is 9.13. The lowest BCUT2D eigenvalue weighted by Gasteiger charge is -2.59. The SMILES string of the molecule is CCCCCC(=O)O[C@@H]1C=C2COC(=O)[C@]2(O)[C@@]2(C)CCCC(C)(C)[C@H]12. The number of carbonyl (C=O) groups excluding carboxylic acids is 2. The number of rotatable bonds is 5. The predicted molar refractivity (Wildman–Crippen MR) is 97.2 cm³/mol. The summed E-state index contributed by atoms with van der Waals surface area (Å²) < 4.78 is 11.1. The highest BCUT2D eigenvalue weighted by Gasteiger charge is 2.69. The van der Waals surface area contributed by atoms with Crippen LogP contribution >= 0.6 is 0 Å². The molecule has 2 fully saturated rings. The minimum Gasteiger partial charge on any atom is -0.459 e. The maximum atomic E-state index is 12.5. The summed E-state index contributed by atoms with van der Waals surface area (Å²) in [5.41, 5.74) is -1.88. The van der Waals surface area contributed by atoms with Crippen molar-refractivity contribution in [2.24, 2.45) is 16.7 Å². The van der Waals surface area contributed by atoms with Crippen LogP contribution in [0.2, 0.25) is 0 Å². The topological polar surface area (TPSA) is 72.8 Å². The number of unbranched alkanes of at least 4 members (excludes halogenated alkanes) is 2. The minimum atomic E-state index is -1.60. The summed E-state index contributed by atoms with van der Waals surface area (Å²) in [4.78, 5) is 24.9. The van der Waals surface area contributed by atoms with E-state index < -0.39 is 23.1 Å². The van der Waals surface area contributed by atoms with E-state index in [0.717, 1.165) is 32.1 Å². The largest absolute Gasteiger partial charge is 0.459 e. The maximum absolute atomic E-state index is 12.5. The van der Waals surface area contributed by atoms with Crippen molar-refractivity contribution < 1.29 is 24.2 Å². The Morgan fingerprint density at radius 2 is 2.04 bits per heavy atom. The van der Waals surface area contributed by atoms with Crippen molar-refractivity contribution in [3.05, 3.63) is 11.6 Å². The van der Waals surface area contributed by atoms with Crippen LogP contribution in [0.3, 0.4) is 0 Å². The van der Waals surface area contributed by atoms with Crippen molar-refractivity contribution in [2.75, 3.05) is 6.61 Å². The van der Waals surface area contributed by atoms with E-state index in [0.29, 0.717) is 18.4 Å². The van der Waals surface area contributed by atoms with Gasteiger partial charge in [-0.2, -0.15) is 0 Å². The van der Waals surface area contributed by atoms with E-state index in [9.17, 15) is 14.7 Å². The lowest BCUT2D eigenvalue weighted by Crippen LogP contribution is -2.65. The molecule has 0 aromatic rings. The Labute approximate surface area is 156 Å². The summed E-state index contributed by atoms with van der Waals surface area (Å²) in [6.45, 7) is 8.45. The van der Waals surface area contributed by atoms with Gasteiger partial charge in [0, 0.05) is 23.3 Å². The van der Waals surface area contributed by atoms with Crippen LogP contribution in [0.5, 0.6) is 0 Å². The van der Waals surface area contributed by atoms with Gasteiger partial charge in [-0.25, -0.2) is 4.79 Å². The standard InChI is InChI=1S/C21H32O5/c1-5-6-7-9-16(22)26-15-12-14-13-25-18(23)21(14,24)20(4)11-8-10-19(2,3)17(15)20/h12,15,17,24H,5-11,13H2,1-4H3/t15-,17+,20+,21+/m1/s1. The summed E-state index contributed by atoms with van der Waals surface area (Å²) in [7, 11) is 0. The molecule has 4 atom stereocenters. The Kier molecular flexibility index (Phi) is 4.97. The third-order valence-corrected chi connectivity index (χ3v) is 6.94. The Morgan fingerprint density at radius 1 is 1.31 bits per heavy atom. The van der Waals surface area contributed by atoms with Crippen LogP contribution in [0.15, 0.2) is 11.6 Å². The third-order valence-electron chi connectivity index (χ3n) is 6.94. The molecular weight excluding hydrogens is 332 g/mol. The van der Waals surface area contributed by atoms with E-state index in [2.05, 4.69) is 20.8 Å². The maximum Gasteiger partial charge on any atom is 0.343 e. The van der Waals surface area contributed by atoms with Gasteiger partial charge in [0.2, 0.25) is 0 Å². The molecule has 2 aliphatic carbocycles. The van der Waals surface area contributed by atoms with Gasteiger partial charge < -0.3 is 14.6 Å². The van der Waals surface area contributed by atoms with Crippen molar-refractivity contribution in [3.8, 4) is 0 Å². The number of cyclic esters (lactones) is 1. The Bertz CT molecular complexity index is 622. The Morgan fingerprint density at radius 3 is 2.73 bits per heavy atom. The van der Waals surface area contributed by atoms with Crippen molar-refractivity contribution in [1.82, 2.24) is 0 Å². The molecule has 0 bridgehead atoms. The van der Waals surface area contributed by atoms with Crippen molar-refractivity contribution in [1.29, 1.82) is 0 Å². The first-order valence-corrected chi connectivity index (χ1v) is 9.97. The van der Waals surface area contributed by atoms with Crippen LogP contribution in [0.4, 0.5) is 0 Å². The lowest BCUT2D eigenvalue weighted by atomic mass is 9.46. The average Bonchev–Trinajstić information content (AvgIpc) is 2.84. The molecule has 0 unspecified atom stereocenters. The molecule has 0 radical (unpaired) electrons. The quantitative estimate of drug-likeness (QED) is 0.459. The zero-order valence-electron chi connectivity index (χ0n) is 16.5. The molecule has 1 heterocycles. The second kappa shape index (κ2) is 6.66. The fourth-order valence-electron chi connectivity index (χ4n) is 5.68. The molecule has 3 rings (SSSR count). The summed E-state index contributed by atoms with van der Waals surface area (Å²) >= 11 is 0. The van der Waals surface area contributed by atoms with Gasteiger partial charge in [-0.1, -0.05) is 47.0 Å².